The Labute approximate surface area is 318 Å². The fourth-order valence-electron chi connectivity index (χ4n) is 5.67. The average molecular weight is 809 g/mol. The average Bonchev–Trinajstić information content (AvgIpc) is 3.19. The SMILES string of the molecule is C=CCOCCOCCOCCOCCOCCOCCO[C@H]1O[C@H](CO)[C@@H](O[C@@H]2OC(CO)[C@H](O[C@@H]3OC(CO)[C@H](O)[C@H](O)C3O)[C@H](O)C2O)C(O)C1O. The maximum Gasteiger partial charge on any atom is 0.187 e. The van der Waals surface area contributed by atoms with Crippen LogP contribution in [0.4, 0.5) is 0 Å². The summed E-state index contributed by atoms with van der Waals surface area (Å²) >= 11 is 0. The van der Waals surface area contributed by atoms with Crippen molar-refractivity contribution in [3.05, 3.63) is 12.7 Å². The topological polar surface area (TPSA) is 313 Å². The van der Waals surface area contributed by atoms with E-state index in [0.717, 1.165) is 0 Å². The minimum atomic E-state index is -1.93. The van der Waals surface area contributed by atoms with Gasteiger partial charge < -0.3 is 108 Å². The molecule has 0 aromatic rings. The number of aliphatic hydroxyl groups excluding tert-OH is 10. The van der Waals surface area contributed by atoms with E-state index in [1.54, 1.807) is 6.08 Å². The highest BCUT2D eigenvalue weighted by Gasteiger charge is 2.53. The predicted molar refractivity (Wildman–Crippen MR) is 180 cm³/mol. The van der Waals surface area contributed by atoms with Crippen molar-refractivity contribution < 1.29 is 108 Å². The molecule has 3 saturated heterocycles. The largest absolute Gasteiger partial charge is 0.394 e. The van der Waals surface area contributed by atoms with E-state index in [1.807, 2.05) is 0 Å². The van der Waals surface area contributed by atoms with Crippen molar-refractivity contribution in [2.75, 3.05) is 106 Å². The Morgan fingerprint density at radius 3 is 1.16 bits per heavy atom. The van der Waals surface area contributed by atoms with Crippen molar-refractivity contribution in [2.24, 2.45) is 0 Å². The summed E-state index contributed by atoms with van der Waals surface area (Å²) in [5, 5.41) is 103. The Balaban J connectivity index is 1.30. The highest BCUT2D eigenvalue weighted by Crippen LogP contribution is 2.32. The molecule has 0 aliphatic carbocycles. The molecule has 10 N–H and O–H groups in total. The van der Waals surface area contributed by atoms with Crippen LogP contribution < -0.4 is 0 Å². The Bertz CT molecular complexity index is 995. The lowest BCUT2D eigenvalue weighted by Gasteiger charge is -2.48. The van der Waals surface area contributed by atoms with Crippen LogP contribution in [0.15, 0.2) is 12.7 Å². The fourth-order valence-corrected chi connectivity index (χ4v) is 5.67. The molecule has 0 aromatic heterocycles. The second-order valence-electron chi connectivity index (χ2n) is 12.6. The van der Waals surface area contributed by atoms with E-state index in [9.17, 15) is 51.1 Å². The van der Waals surface area contributed by atoms with Gasteiger partial charge in [-0.3, -0.25) is 0 Å². The van der Waals surface area contributed by atoms with Crippen LogP contribution in [0.25, 0.3) is 0 Å². The summed E-state index contributed by atoms with van der Waals surface area (Å²) < 4.78 is 65.4. The van der Waals surface area contributed by atoms with Crippen LogP contribution in [-0.4, -0.2) is 249 Å². The standard InChI is InChI=1S/C33H60O22/c1-2-3-44-4-5-45-6-7-46-8-9-47-10-11-48-12-13-49-14-15-50-31-27(42)24(39)29(20(17-35)52-31)55-33-28(43)25(40)30(21(18-36)53-33)54-32-26(41)23(38)22(37)19(16-34)51-32/h2,19-43H,1,3-18H2/t19?,20-,21?,22+,23+,24?,25-,26?,27?,28?,29-,30+,31+,32+,33+/m1/s1. The van der Waals surface area contributed by atoms with E-state index in [4.69, 9.17) is 56.8 Å². The van der Waals surface area contributed by atoms with Crippen LogP contribution in [-0.2, 0) is 56.8 Å². The van der Waals surface area contributed by atoms with Gasteiger partial charge in [0.15, 0.2) is 18.9 Å². The lowest BCUT2D eigenvalue weighted by Crippen LogP contribution is -2.66. The zero-order valence-corrected chi connectivity index (χ0v) is 30.6. The van der Waals surface area contributed by atoms with Crippen LogP contribution in [0.3, 0.4) is 0 Å². The number of aliphatic hydroxyl groups is 10. The molecule has 0 radical (unpaired) electrons. The Morgan fingerprint density at radius 2 is 0.745 bits per heavy atom. The monoisotopic (exact) mass is 808 g/mol. The maximum absolute atomic E-state index is 10.9. The van der Waals surface area contributed by atoms with Crippen LogP contribution in [0, 0.1) is 0 Å². The van der Waals surface area contributed by atoms with Crippen molar-refractivity contribution in [1.82, 2.24) is 0 Å². The van der Waals surface area contributed by atoms with Crippen LogP contribution in [0.2, 0.25) is 0 Å². The molecule has 3 heterocycles. The molecule has 15 atom stereocenters. The third kappa shape index (κ3) is 15.2. The molecule has 22 heteroatoms. The minimum absolute atomic E-state index is 0.0694. The first-order valence-electron chi connectivity index (χ1n) is 18.1. The van der Waals surface area contributed by atoms with Crippen molar-refractivity contribution >= 4 is 0 Å². The van der Waals surface area contributed by atoms with Crippen molar-refractivity contribution in [3.63, 3.8) is 0 Å². The molecular formula is C33H60O22. The van der Waals surface area contributed by atoms with Gasteiger partial charge in [-0.1, -0.05) is 6.08 Å². The quantitative estimate of drug-likeness (QED) is 0.0260. The first kappa shape index (κ1) is 48.2. The number of rotatable bonds is 28. The third-order valence-electron chi connectivity index (χ3n) is 8.68. The van der Waals surface area contributed by atoms with Gasteiger partial charge in [0, 0.05) is 0 Å². The molecule has 6 unspecified atom stereocenters. The van der Waals surface area contributed by atoms with E-state index in [1.165, 1.54) is 0 Å². The number of ether oxygens (including phenoxy) is 12. The summed E-state index contributed by atoms with van der Waals surface area (Å²) in [6.07, 6.45) is -23.1. The lowest BCUT2D eigenvalue weighted by molar-refractivity contribution is -0.379. The smallest absolute Gasteiger partial charge is 0.187 e. The zero-order chi connectivity index (χ0) is 40.2. The molecule has 55 heavy (non-hydrogen) atoms. The van der Waals surface area contributed by atoms with Gasteiger partial charge in [0.05, 0.1) is 106 Å². The summed E-state index contributed by atoms with van der Waals surface area (Å²) in [6.45, 7) is 5.69. The molecule has 0 spiro atoms. The van der Waals surface area contributed by atoms with Gasteiger partial charge in [-0.25, -0.2) is 0 Å². The molecule has 3 rings (SSSR count). The molecule has 22 nitrogen and oxygen atoms in total. The van der Waals surface area contributed by atoms with E-state index < -0.39 is 112 Å². The van der Waals surface area contributed by atoms with Crippen molar-refractivity contribution in [1.29, 1.82) is 0 Å². The Morgan fingerprint density at radius 1 is 0.400 bits per heavy atom. The van der Waals surface area contributed by atoms with Crippen molar-refractivity contribution in [3.8, 4) is 0 Å². The Hall–Kier alpha value is -1.14. The molecular weight excluding hydrogens is 748 g/mol. The first-order valence-corrected chi connectivity index (χ1v) is 18.1. The third-order valence-corrected chi connectivity index (χ3v) is 8.68. The zero-order valence-electron chi connectivity index (χ0n) is 30.6. The van der Waals surface area contributed by atoms with Gasteiger partial charge in [-0.2, -0.15) is 0 Å². The van der Waals surface area contributed by atoms with Crippen LogP contribution >= 0.6 is 0 Å². The van der Waals surface area contributed by atoms with Gasteiger partial charge >= 0.3 is 0 Å². The fraction of sp³-hybridized carbons (Fsp3) is 0.939. The van der Waals surface area contributed by atoms with Gasteiger partial charge in [0.25, 0.3) is 0 Å². The molecule has 0 aromatic carbocycles. The summed E-state index contributed by atoms with van der Waals surface area (Å²) in [6, 6.07) is 0. The minimum Gasteiger partial charge on any atom is -0.394 e. The molecule has 0 amide bonds. The predicted octanol–water partition coefficient (Wildman–Crippen LogP) is -6.26. The van der Waals surface area contributed by atoms with E-state index in [2.05, 4.69) is 6.58 Å². The lowest BCUT2D eigenvalue weighted by atomic mass is 9.96. The molecule has 324 valence electrons. The van der Waals surface area contributed by atoms with Gasteiger partial charge in [0.2, 0.25) is 0 Å². The highest BCUT2D eigenvalue weighted by atomic mass is 16.8. The summed E-state index contributed by atoms with van der Waals surface area (Å²) in [4.78, 5) is 0. The maximum atomic E-state index is 10.9. The molecule has 3 aliphatic rings. The molecule has 3 aliphatic heterocycles. The van der Waals surface area contributed by atoms with E-state index in [0.29, 0.717) is 59.5 Å². The molecule has 0 bridgehead atoms. The second kappa shape index (κ2) is 26.8. The number of hydrogen-bond donors (Lipinski definition) is 10. The number of hydrogen-bond acceptors (Lipinski definition) is 22. The second-order valence-corrected chi connectivity index (χ2v) is 12.6. The van der Waals surface area contributed by atoms with E-state index >= 15 is 0 Å². The highest BCUT2D eigenvalue weighted by molar-refractivity contribution is 4.96. The first-order chi connectivity index (χ1) is 26.6. The molecule has 3 fully saturated rings. The summed E-state index contributed by atoms with van der Waals surface area (Å²) in [5.41, 5.74) is 0. The van der Waals surface area contributed by atoms with E-state index in [-0.39, 0.29) is 26.4 Å². The molecule has 0 saturated carbocycles. The van der Waals surface area contributed by atoms with Gasteiger partial charge in [0.1, 0.15) is 73.2 Å². The van der Waals surface area contributed by atoms with Crippen molar-refractivity contribution in [2.45, 2.75) is 92.1 Å². The summed E-state index contributed by atoms with van der Waals surface area (Å²) in [7, 11) is 0. The normalized spacial score (nSPS) is 36.9. The van der Waals surface area contributed by atoms with Crippen LogP contribution in [0.5, 0.6) is 0 Å². The van der Waals surface area contributed by atoms with Gasteiger partial charge in [-0.15, -0.1) is 6.58 Å². The van der Waals surface area contributed by atoms with Crippen LogP contribution in [0.1, 0.15) is 0 Å². The summed E-state index contributed by atoms with van der Waals surface area (Å²) in [5.74, 6) is 0. The van der Waals surface area contributed by atoms with Gasteiger partial charge in [-0.05, 0) is 0 Å². The Kier molecular flexibility index (Phi) is 23.5.